The van der Waals surface area contributed by atoms with E-state index >= 15 is 0 Å². The summed E-state index contributed by atoms with van der Waals surface area (Å²) in [7, 11) is -3.58. The summed E-state index contributed by atoms with van der Waals surface area (Å²) in [6, 6.07) is 4.83. The molecule has 0 aliphatic heterocycles. The molecule has 0 aliphatic carbocycles. The van der Waals surface area contributed by atoms with Crippen LogP contribution < -0.4 is 10.5 Å². The summed E-state index contributed by atoms with van der Waals surface area (Å²) >= 11 is 5.95. The van der Waals surface area contributed by atoms with E-state index in [9.17, 15) is 8.42 Å². The zero-order valence-electron chi connectivity index (χ0n) is 11.9. The normalized spacial score (nSPS) is 12.1. The van der Waals surface area contributed by atoms with Crippen molar-refractivity contribution in [1.82, 2.24) is 4.72 Å². The predicted molar refractivity (Wildman–Crippen MR) is 86.1 cm³/mol. The van der Waals surface area contributed by atoms with Crippen molar-refractivity contribution in [3.8, 4) is 0 Å². The van der Waals surface area contributed by atoms with Crippen LogP contribution >= 0.6 is 24.0 Å². The minimum absolute atomic E-state index is 0. The van der Waals surface area contributed by atoms with Crippen LogP contribution in [0.3, 0.4) is 0 Å². The average molecular weight is 341 g/mol. The highest BCUT2D eigenvalue weighted by molar-refractivity contribution is 7.89. The SMILES string of the molecule is CCC(N)(CC)CNS(=O)(=O)c1cccc(Cl)c1C.Cl. The highest BCUT2D eigenvalue weighted by Crippen LogP contribution is 2.23. The van der Waals surface area contributed by atoms with E-state index in [-0.39, 0.29) is 23.8 Å². The predicted octanol–water partition coefficient (Wildman–Crippen LogP) is 2.87. The van der Waals surface area contributed by atoms with Gasteiger partial charge >= 0.3 is 0 Å². The Kier molecular flexibility index (Phi) is 7.49. The number of rotatable bonds is 6. The van der Waals surface area contributed by atoms with E-state index < -0.39 is 15.6 Å². The zero-order chi connectivity index (χ0) is 14.7. The van der Waals surface area contributed by atoms with Crippen LogP contribution in [-0.4, -0.2) is 20.5 Å². The second kappa shape index (κ2) is 7.61. The van der Waals surface area contributed by atoms with Crippen LogP contribution in [0.15, 0.2) is 23.1 Å². The molecule has 1 rings (SSSR count). The Labute approximate surface area is 132 Å². The fourth-order valence-electron chi connectivity index (χ4n) is 1.70. The Hall–Kier alpha value is -0.330. The summed E-state index contributed by atoms with van der Waals surface area (Å²) in [6.45, 7) is 5.80. The largest absolute Gasteiger partial charge is 0.324 e. The summed E-state index contributed by atoms with van der Waals surface area (Å²) in [5.74, 6) is 0. The Bertz CT molecular complexity index is 543. The van der Waals surface area contributed by atoms with Crippen LogP contribution in [0.4, 0.5) is 0 Å². The lowest BCUT2D eigenvalue weighted by atomic mass is 9.95. The number of hydrogen-bond acceptors (Lipinski definition) is 3. The third-order valence-electron chi connectivity index (χ3n) is 3.53. The first-order valence-electron chi connectivity index (χ1n) is 6.29. The van der Waals surface area contributed by atoms with E-state index in [1.165, 1.54) is 0 Å². The van der Waals surface area contributed by atoms with Crippen molar-refractivity contribution >= 4 is 34.0 Å². The summed E-state index contributed by atoms with van der Waals surface area (Å²) in [6.07, 6.45) is 1.42. The molecule has 0 amide bonds. The van der Waals surface area contributed by atoms with Gasteiger partial charge < -0.3 is 5.73 Å². The second-order valence-electron chi connectivity index (χ2n) is 4.76. The van der Waals surface area contributed by atoms with Gasteiger partial charge in [0, 0.05) is 17.1 Å². The Morgan fingerprint density at radius 1 is 1.30 bits per heavy atom. The number of sulfonamides is 1. The van der Waals surface area contributed by atoms with E-state index in [0.717, 1.165) is 0 Å². The quantitative estimate of drug-likeness (QED) is 0.836. The summed E-state index contributed by atoms with van der Waals surface area (Å²) in [5.41, 5.74) is 6.13. The lowest BCUT2D eigenvalue weighted by Crippen LogP contribution is -2.49. The molecule has 1 aromatic carbocycles. The van der Waals surface area contributed by atoms with Gasteiger partial charge in [-0.2, -0.15) is 0 Å². The monoisotopic (exact) mass is 340 g/mol. The smallest absolute Gasteiger partial charge is 0.240 e. The van der Waals surface area contributed by atoms with E-state index in [1.807, 2.05) is 13.8 Å². The molecule has 0 bridgehead atoms. The highest BCUT2D eigenvalue weighted by Gasteiger charge is 2.25. The van der Waals surface area contributed by atoms with Gasteiger partial charge in [0.1, 0.15) is 0 Å². The number of nitrogens with two attached hydrogens (primary N) is 1. The second-order valence-corrected chi connectivity index (χ2v) is 6.90. The van der Waals surface area contributed by atoms with Crippen molar-refractivity contribution in [3.63, 3.8) is 0 Å². The Balaban J connectivity index is 0.00000361. The molecule has 0 spiro atoms. The van der Waals surface area contributed by atoms with Gasteiger partial charge in [-0.15, -0.1) is 12.4 Å². The van der Waals surface area contributed by atoms with Crippen molar-refractivity contribution < 1.29 is 8.42 Å². The van der Waals surface area contributed by atoms with E-state index in [2.05, 4.69) is 4.72 Å². The van der Waals surface area contributed by atoms with Crippen LogP contribution in [0.2, 0.25) is 5.02 Å². The van der Waals surface area contributed by atoms with Gasteiger partial charge in [-0.05, 0) is 37.5 Å². The standard InChI is InChI=1S/C13H21ClN2O2S.ClH/c1-4-13(15,5-2)9-16-19(17,18)12-8-6-7-11(14)10(12)3;/h6-8,16H,4-5,9,15H2,1-3H3;1H. The van der Waals surface area contributed by atoms with Gasteiger partial charge in [-0.25, -0.2) is 13.1 Å². The number of benzene rings is 1. The Morgan fingerprint density at radius 3 is 2.35 bits per heavy atom. The first-order valence-corrected chi connectivity index (χ1v) is 8.15. The van der Waals surface area contributed by atoms with E-state index in [0.29, 0.717) is 23.4 Å². The third-order valence-corrected chi connectivity index (χ3v) is 5.49. The lowest BCUT2D eigenvalue weighted by molar-refractivity contribution is 0.391. The van der Waals surface area contributed by atoms with Crippen molar-refractivity contribution in [1.29, 1.82) is 0 Å². The van der Waals surface area contributed by atoms with Crippen LogP contribution in [-0.2, 0) is 10.0 Å². The first kappa shape index (κ1) is 19.7. The maximum Gasteiger partial charge on any atom is 0.240 e. The fraction of sp³-hybridized carbons (Fsp3) is 0.538. The molecule has 0 fully saturated rings. The van der Waals surface area contributed by atoms with Gasteiger partial charge in [0.15, 0.2) is 0 Å². The van der Waals surface area contributed by atoms with Crippen LogP contribution in [0, 0.1) is 6.92 Å². The van der Waals surface area contributed by atoms with Gasteiger partial charge in [0.05, 0.1) is 4.90 Å². The number of hydrogen-bond donors (Lipinski definition) is 2. The summed E-state index contributed by atoms with van der Waals surface area (Å²) in [5, 5.41) is 0.438. The van der Waals surface area contributed by atoms with Gasteiger partial charge in [-0.3, -0.25) is 0 Å². The van der Waals surface area contributed by atoms with Gasteiger partial charge in [0.2, 0.25) is 10.0 Å². The van der Waals surface area contributed by atoms with Crippen molar-refractivity contribution in [2.75, 3.05) is 6.54 Å². The summed E-state index contributed by atoms with van der Waals surface area (Å²) < 4.78 is 27.1. The molecular weight excluding hydrogens is 319 g/mol. The van der Waals surface area contributed by atoms with Crippen molar-refractivity contribution in [3.05, 3.63) is 28.8 Å². The minimum atomic E-state index is -3.58. The molecule has 0 radical (unpaired) electrons. The van der Waals surface area contributed by atoms with Gasteiger partial charge in [-0.1, -0.05) is 31.5 Å². The maximum atomic E-state index is 12.3. The van der Waals surface area contributed by atoms with Gasteiger partial charge in [0.25, 0.3) is 0 Å². The van der Waals surface area contributed by atoms with Crippen molar-refractivity contribution in [2.24, 2.45) is 5.73 Å². The van der Waals surface area contributed by atoms with Crippen LogP contribution in [0.1, 0.15) is 32.3 Å². The fourth-order valence-corrected chi connectivity index (χ4v) is 3.33. The molecule has 4 nitrogen and oxygen atoms in total. The summed E-state index contributed by atoms with van der Waals surface area (Å²) in [4.78, 5) is 0.203. The molecule has 7 heteroatoms. The molecule has 0 atom stereocenters. The molecule has 0 saturated heterocycles. The molecule has 116 valence electrons. The molecule has 0 saturated carbocycles. The molecule has 0 aliphatic rings. The molecule has 0 aromatic heterocycles. The zero-order valence-corrected chi connectivity index (χ0v) is 14.3. The highest BCUT2D eigenvalue weighted by atomic mass is 35.5. The van der Waals surface area contributed by atoms with Crippen LogP contribution in [0.5, 0.6) is 0 Å². The molecule has 0 heterocycles. The molecule has 0 unspecified atom stereocenters. The minimum Gasteiger partial charge on any atom is -0.324 e. The molecule has 1 aromatic rings. The number of nitrogens with one attached hydrogen (secondary N) is 1. The molecule has 3 N–H and O–H groups in total. The molecule has 20 heavy (non-hydrogen) atoms. The first-order chi connectivity index (χ1) is 8.75. The molecular formula is C13H22Cl2N2O2S. The number of halogens is 2. The van der Waals surface area contributed by atoms with E-state index in [1.54, 1.807) is 25.1 Å². The maximum absolute atomic E-state index is 12.3. The average Bonchev–Trinajstić information content (AvgIpc) is 2.39. The topological polar surface area (TPSA) is 72.2 Å². The lowest BCUT2D eigenvalue weighted by Gasteiger charge is -2.26. The van der Waals surface area contributed by atoms with Crippen LogP contribution in [0.25, 0.3) is 0 Å². The van der Waals surface area contributed by atoms with E-state index in [4.69, 9.17) is 17.3 Å². The van der Waals surface area contributed by atoms with Crippen molar-refractivity contribution in [2.45, 2.75) is 44.0 Å². The Morgan fingerprint density at radius 2 is 1.85 bits per heavy atom. The third kappa shape index (κ3) is 4.60.